The fraction of sp³-hybridized carbons (Fsp3) is 0.571. The lowest BCUT2D eigenvalue weighted by Crippen LogP contribution is -2.26. The topological polar surface area (TPSA) is 26.0 Å². The normalized spacial score (nSPS) is 18.5. The fourth-order valence-corrected chi connectivity index (χ4v) is 2.74. The molecule has 94 valence electrons. The maximum atomic E-state index is 13.4. The molecule has 1 unspecified atom stereocenters. The SMILES string of the molecule is NC(Cc1cc(F)ccc1F)CC1CCCC1. The first-order valence-electron chi connectivity index (χ1n) is 6.34. The van der Waals surface area contributed by atoms with E-state index >= 15 is 0 Å². The van der Waals surface area contributed by atoms with Gasteiger partial charge in [0.25, 0.3) is 0 Å². The van der Waals surface area contributed by atoms with Crippen LogP contribution in [0.15, 0.2) is 18.2 Å². The number of hydrogen-bond acceptors (Lipinski definition) is 1. The summed E-state index contributed by atoms with van der Waals surface area (Å²) in [5.41, 5.74) is 6.41. The van der Waals surface area contributed by atoms with Crippen LogP contribution >= 0.6 is 0 Å². The molecule has 0 spiro atoms. The molecule has 1 fully saturated rings. The quantitative estimate of drug-likeness (QED) is 0.856. The predicted octanol–water partition coefficient (Wildman–Crippen LogP) is 3.41. The number of benzene rings is 1. The van der Waals surface area contributed by atoms with Crippen LogP contribution in [0.5, 0.6) is 0 Å². The molecule has 0 bridgehead atoms. The Hall–Kier alpha value is -0.960. The van der Waals surface area contributed by atoms with E-state index in [0.717, 1.165) is 12.5 Å². The smallest absolute Gasteiger partial charge is 0.126 e. The molecule has 1 aromatic rings. The average Bonchev–Trinajstić information content (AvgIpc) is 2.76. The van der Waals surface area contributed by atoms with Crippen molar-refractivity contribution < 1.29 is 8.78 Å². The summed E-state index contributed by atoms with van der Waals surface area (Å²) in [7, 11) is 0. The highest BCUT2D eigenvalue weighted by Gasteiger charge is 2.19. The zero-order valence-corrected chi connectivity index (χ0v) is 9.96. The van der Waals surface area contributed by atoms with E-state index in [4.69, 9.17) is 5.73 Å². The summed E-state index contributed by atoms with van der Waals surface area (Å²) in [5.74, 6) is -0.0654. The van der Waals surface area contributed by atoms with Gasteiger partial charge in [-0.3, -0.25) is 0 Å². The fourth-order valence-electron chi connectivity index (χ4n) is 2.74. The maximum absolute atomic E-state index is 13.4. The monoisotopic (exact) mass is 239 g/mol. The Balaban J connectivity index is 1.92. The molecule has 1 aliphatic carbocycles. The molecule has 2 rings (SSSR count). The lowest BCUT2D eigenvalue weighted by Gasteiger charge is -2.16. The largest absolute Gasteiger partial charge is 0.327 e. The van der Waals surface area contributed by atoms with Gasteiger partial charge in [0.15, 0.2) is 0 Å². The van der Waals surface area contributed by atoms with Crippen LogP contribution in [0.1, 0.15) is 37.7 Å². The maximum Gasteiger partial charge on any atom is 0.126 e. The molecular weight excluding hydrogens is 220 g/mol. The summed E-state index contributed by atoms with van der Waals surface area (Å²) in [6.45, 7) is 0. The summed E-state index contributed by atoms with van der Waals surface area (Å²) in [4.78, 5) is 0. The first-order valence-corrected chi connectivity index (χ1v) is 6.34. The van der Waals surface area contributed by atoms with Crippen molar-refractivity contribution >= 4 is 0 Å². The van der Waals surface area contributed by atoms with Gasteiger partial charge in [0.1, 0.15) is 11.6 Å². The standard InChI is InChI=1S/C14H19F2N/c15-12-5-6-14(16)11(8-12)9-13(17)7-10-3-1-2-4-10/h5-6,8,10,13H,1-4,7,9,17H2. The summed E-state index contributed by atoms with van der Waals surface area (Å²) in [6, 6.07) is 3.51. The Morgan fingerprint density at radius 2 is 1.94 bits per heavy atom. The molecule has 2 N–H and O–H groups in total. The zero-order valence-electron chi connectivity index (χ0n) is 9.96. The molecule has 17 heavy (non-hydrogen) atoms. The Morgan fingerprint density at radius 3 is 2.65 bits per heavy atom. The molecule has 1 aromatic carbocycles. The number of halogens is 2. The van der Waals surface area contributed by atoms with Crippen LogP contribution in [0, 0.1) is 17.6 Å². The lowest BCUT2D eigenvalue weighted by molar-refractivity contribution is 0.436. The molecule has 1 atom stereocenters. The first-order chi connectivity index (χ1) is 8.15. The van der Waals surface area contributed by atoms with Gasteiger partial charge in [-0.25, -0.2) is 8.78 Å². The second-order valence-electron chi connectivity index (χ2n) is 5.09. The van der Waals surface area contributed by atoms with Crippen LogP contribution in [-0.2, 0) is 6.42 Å². The van der Waals surface area contributed by atoms with Crippen LogP contribution in [0.2, 0.25) is 0 Å². The Labute approximate surface area is 101 Å². The van der Waals surface area contributed by atoms with Gasteiger partial charge in [-0.1, -0.05) is 25.7 Å². The van der Waals surface area contributed by atoms with Gasteiger partial charge in [-0.15, -0.1) is 0 Å². The second kappa shape index (κ2) is 5.58. The van der Waals surface area contributed by atoms with Crippen LogP contribution in [-0.4, -0.2) is 6.04 Å². The van der Waals surface area contributed by atoms with Gasteiger partial charge in [0, 0.05) is 6.04 Å². The van der Waals surface area contributed by atoms with Crippen LogP contribution < -0.4 is 5.73 Å². The van der Waals surface area contributed by atoms with E-state index in [1.54, 1.807) is 0 Å². The second-order valence-corrected chi connectivity index (χ2v) is 5.09. The van der Waals surface area contributed by atoms with Gasteiger partial charge >= 0.3 is 0 Å². The molecule has 0 radical (unpaired) electrons. The van der Waals surface area contributed by atoms with Gasteiger partial charge in [0.2, 0.25) is 0 Å². The van der Waals surface area contributed by atoms with Crippen molar-refractivity contribution in [1.29, 1.82) is 0 Å². The summed E-state index contributed by atoms with van der Waals surface area (Å²) >= 11 is 0. The van der Waals surface area contributed by atoms with E-state index in [1.807, 2.05) is 0 Å². The minimum atomic E-state index is -0.394. The van der Waals surface area contributed by atoms with E-state index in [0.29, 0.717) is 17.9 Å². The van der Waals surface area contributed by atoms with Crippen molar-refractivity contribution in [3.05, 3.63) is 35.4 Å². The van der Waals surface area contributed by atoms with E-state index < -0.39 is 5.82 Å². The number of hydrogen-bond donors (Lipinski definition) is 1. The van der Waals surface area contributed by atoms with Crippen molar-refractivity contribution in [2.75, 3.05) is 0 Å². The van der Waals surface area contributed by atoms with Crippen LogP contribution in [0.3, 0.4) is 0 Å². The van der Waals surface area contributed by atoms with Crippen molar-refractivity contribution in [3.63, 3.8) is 0 Å². The Morgan fingerprint density at radius 1 is 1.24 bits per heavy atom. The predicted molar refractivity (Wildman–Crippen MR) is 64.6 cm³/mol. The van der Waals surface area contributed by atoms with E-state index in [9.17, 15) is 8.78 Å². The molecule has 0 aliphatic heterocycles. The zero-order chi connectivity index (χ0) is 12.3. The van der Waals surface area contributed by atoms with Gasteiger partial charge < -0.3 is 5.73 Å². The number of rotatable bonds is 4. The highest BCUT2D eigenvalue weighted by atomic mass is 19.1. The van der Waals surface area contributed by atoms with Gasteiger partial charge in [0.05, 0.1) is 0 Å². The minimum Gasteiger partial charge on any atom is -0.327 e. The first kappa shape index (κ1) is 12.5. The third-order valence-electron chi connectivity index (χ3n) is 3.60. The van der Waals surface area contributed by atoms with Gasteiger partial charge in [-0.05, 0) is 42.5 Å². The van der Waals surface area contributed by atoms with E-state index in [1.165, 1.54) is 37.8 Å². The molecule has 3 heteroatoms. The molecule has 1 nitrogen and oxygen atoms in total. The van der Waals surface area contributed by atoms with Gasteiger partial charge in [-0.2, -0.15) is 0 Å². The Bertz CT molecular complexity index is 372. The van der Waals surface area contributed by atoms with Crippen molar-refractivity contribution in [3.8, 4) is 0 Å². The third kappa shape index (κ3) is 3.50. The molecule has 0 amide bonds. The molecule has 1 aliphatic rings. The lowest BCUT2D eigenvalue weighted by atomic mass is 9.94. The summed E-state index contributed by atoms with van der Waals surface area (Å²) < 4.78 is 26.4. The van der Waals surface area contributed by atoms with E-state index in [2.05, 4.69) is 0 Å². The minimum absolute atomic E-state index is 0.0607. The summed E-state index contributed by atoms with van der Waals surface area (Å²) in [5, 5.41) is 0. The van der Waals surface area contributed by atoms with Crippen molar-refractivity contribution in [2.45, 2.75) is 44.6 Å². The van der Waals surface area contributed by atoms with Crippen molar-refractivity contribution in [1.82, 2.24) is 0 Å². The van der Waals surface area contributed by atoms with E-state index in [-0.39, 0.29) is 11.9 Å². The molecular formula is C14H19F2N. The van der Waals surface area contributed by atoms with Crippen LogP contribution in [0.25, 0.3) is 0 Å². The highest BCUT2D eigenvalue weighted by Crippen LogP contribution is 2.29. The molecule has 0 heterocycles. The van der Waals surface area contributed by atoms with Crippen molar-refractivity contribution in [2.24, 2.45) is 11.7 Å². The molecule has 0 aromatic heterocycles. The third-order valence-corrected chi connectivity index (χ3v) is 3.60. The average molecular weight is 239 g/mol. The summed E-state index contributed by atoms with van der Waals surface area (Å²) in [6.07, 6.45) is 6.39. The number of nitrogens with two attached hydrogens (primary N) is 1. The molecule has 0 saturated heterocycles. The highest BCUT2D eigenvalue weighted by molar-refractivity contribution is 5.19. The molecule has 1 saturated carbocycles. The Kier molecular flexibility index (Phi) is 4.11. The van der Waals surface area contributed by atoms with Crippen LogP contribution in [0.4, 0.5) is 8.78 Å².